The van der Waals surface area contributed by atoms with E-state index in [2.05, 4.69) is 9.97 Å². The van der Waals surface area contributed by atoms with Crippen LogP contribution in [0.3, 0.4) is 0 Å². The van der Waals surface area contributed by atoms with Gasteiger partial charge >= 0.3 is 5.97 Å². The fraction of sp³-hybridized carbons (Fsp3) is 0.0714. The first-order chi connectivity index (χ1) is 9.65. The summed E-state index contributed by atoms with van der Waals surface area (Å²) in [5, 5.41) is 10.1. The Morgan fingerprint density at radius 1 is 1.30 bits per heavy atom. The highest BCUT2D eigenvalue weighted by Gasteiger charge is 2.15. The Balaban J connectivity index is 2.01. The quantitative estimate of drug-likeness (QED) is 0.796. The van der Waals surface area contributed by atoms with Crippen molar-refractivity contribution in [3.8, 4) is 0 Å². The normalized spacial score (nSPS) is 10.8. The number of fused-ring (bicyclic) bond motifs is 1. The molecule has 0 fully saturated rings. The van der Waals surface area contributed by atoms with Crippen LogP contribution in [0.5, 0.6) is 0 Å². The molecule has 0 atom stereocenters. The van der Waals surface area contributed by atoms with Crippen LogP contribution in [0.4, 0.5) is 0 Å². The number of para-hydroxylation sites is 1. The summed E-state index contributed by atoms with van der Waals surface area (Å²) in [6, 6.07) is 9.78. The largest absolute Gasteiger partial charge is 0.477 e. The average molecular weight is 302 g/mol. The third kappa shape index (κ3) is 2.39. The van der Waals surface area contributed by atoms with Crippen molar-refractivity contribution in [2.75, 3.05) is 0 Å². The summed E-state index contributed by atoms with van der Waals surface area (Å²) in [5.41, 5.74) is 1.48. The van der Waals surface area contributed by atoms with E-state index in [1.807, 2.05) is 30.3 Å². The van der Waals surface area contributed by atoms with Crippen LogP contribution in [-0.4, -0.2) is 21.0 Å². The molecule has 20 heavy (non-hydrogen) atoms. The molecule has 0 saturated carbocycles. The molecule has 0 radical (unpaired) electrons. The number of carboxylic acids is 1. The molecular formula is C14H10N2O2S2. The molecule has 100 valence electrons. The number of nitrogens with zero attached hydrogens (tertiary/aromatic N) is 2. The zero-order valence-corrected chi connectivity index (χ0v) is 12.2. The Labute approximate surface area is 123 Å². The highest BCUT2D eigenvalue weighted by atomic mass is 32.2. The van der Waals surface area contributed by atoms with Gasteiger partial charge in [0.15, 0.2) is 4.34 Å². The van der Waals surface area contributed by atoms with Gasteiger partial charge in [-0.2, -0.15) is 0 Å². The third-order valence-corrected chi connectivity index (χ3v) is 5.06. The lowest BCUT2D eigenvalue weighted by molar-refractivity contribution is 0.0701. The summed E-state index contributed by atoms with van der Waals surface area (Å²) in [7, 11) is 0. The number of hydrogen-bond acceptors (Lipinski definition) is 5. The molecule has 1 N–H and O–H groups in total. The third-order valence-electron chi connectivity index (χ3n) is 2.78. The number of aryl methyl sites for hydroxylation is 1. The average Bonchev–Trinajstić information content (AvgIpc) is 2.80. The van der Waals surface area contributed by atoms with Crippen LogP contribution < -0.4 is 0 Å². The van der Waals surface area contributed by atoms with E-state index in [-0.39, 0.29) is 0 Å². The first-order valence-corrected chi connectivity index (χ1v) is 7.51. The van der Waals surface area contributed by atoms with Gasteiger partial charge in [0.1, 0.15) is 4.88 Å². The fourth-order valence-electron chi connectivity index (χ4n) is 1.87. The first kappa shape index (κ1) is 13.1. The monoisotopic (exact) mass is 302 g/mol. The smallest absolute Gasteiger partial charge is 0.347 e. The number of benzene rings is 1. The highest BCUT2D eigenvalue weighted by Crippen LogP contribution is 2.36. The molecule has 0 amide bonds. The van der Waals surface area contributed by atoms with Gasteiger partial charge in [-0.25, -0.2) is 9.78 Å². The van der Waals surface area contributed by atoms with E-state index in [0.29, 0.717) is 10.6 Å². The molecule has 0 aliphatic rings. The molecular weight excluding hydrogens is 292 g/mol. The van der Waals surface area contributed by atoms with Crippen LogP contribution in [0, 0.1) is 6.92 Å². The summed E-state index contributed by atoms with van der Waals surface area (Å²) in [6.07, 6.45) is 1.75. The minimum absolute atomic E-state index is 0.297. The predicted octanol–water partition coefficient (Wildman–Crippen LogP) is 3.85. The van der Waals surface area contributed by atoms with E-state index in [4.69, 9.17) is 5.11 Å². The van der Waals surface area contributed by atoms with E-state index >= 15 is 0 Å². The van der Waals surface area contributed by atoms with Crippen molar-refractivity contribution < 1.29 is 9.90 Å². The molecule has 2 heterocycles. The summed E-state index contributed by atoms with van der Waals surface area (Å²) in [4.78, 5) is 21.0. The zero-order valence-electron chi connectivity index (χ0n) is 10.5. The van der Waals surface area contributed by atoms with E-state index in [1.54, 1.807) is 13.1 Å². The van der Waals surface area contributed by atoms with Gasteiger partial charge in [-0.05, 0) is 19.1 Å². The topological polar surface area (TPSA) is 63.1 Å². The Bertz CT molecular complexity index is 793. The second-order valence-corrected chi connectivity index (χ2v) is 6.42. The second-order valence-electron chi connectivity index (χ2n) is 4.13. The highest BCUT2D eigenvalue weighted by molar-refractivity contribution is 8.01. The van der Waals surface area contributed by atoms with Gasteiger partial charge in [0.25, 0.3) is 0 Å². The molecule has 4 nitrogen and oxygen atoms in total. The molecule has 6 heteroatoms. The number of carbonyl (C=O) groups is 1. The maximum Gasteiger partial charge on any atom is 0.347 e. The SMILES string of the molecule is Cc1nc(Sc2ccnc3ccccc23)sc1C(=O)O. The van der Waals surface area contributed by atoms with Crippen LogP contribution in [0.15, 0.2) is 45.8 Å². The van der Waals surface area contributed by atoms with Crippen molar-refractivity contribution in [2.45, 2.75) is 16.2 Å². The van der Waals surface area contributed by atoms with Crippen LogP contribution in [0.1, 0.15) is 15.4 Å². The van der Waals surface area contributed by atoms with Crippen molar-refractivity contribution in [3.63, 3.8) is 0 Å². The van der Waals surface area contributed by atoms with Crippen LogP contribution in [0.25, 0.3) is 10.9 Å². The second kappa shape index (κ2) is 5.22. The minimum atomic E-state index is -0.925. The van der Waals surface area contributed by atoms with Crippen molar-refractivity contribution in [3.05, 3.63) is 47.1 Å². The minimum Gasteiger partial charge on any atom is -0.477 e. The van der Waals surface area contributed by atoms with Gasteiger partial charge in [-0.1, -0.05) is 30.0 Å². The first-order valence-electron chi connectivity index (χ1n) is 5.87. The van der Waals surface area contributed by atoms with Gasteiger partial charge in [0, 0.05) is 16.5 Å². The molecule has 0 unspecified atom stereocenters. The summed E-state index contributed by atoms with van der Waals surface area (Å²) < 4.78 is 0.733. The summed E-state index contributed by atoms with van der Waals surface area (Å²) >= 11 is 2.68. The van der Waals surface area contributed by atoms with Crippen LogP contribution in [-0.2, 0) is 0 Å². The van der Waals surface area contributed by atoms with E-state index in [0.717, 1.165) is 20.1 Å². The Kier molecular flexibility index (Phi) is 3.42. The standard InChI is InChI=1S/C14H10N2O2S2/c1-8-12(13(17)18)20-14(16-8)19-11-6-7-15-10-5-3-2-4-9(10)11/h2-7H,1H3,(H,17,18). The Morgan fingerprint density at radius 2 is 2.10 bits per heavy atom. The molecule has 0 aliphatic heterocycles. The van der Waals surface area contributed by atoms with Crippen LogP contribution in [0.2, 0.25) is 0 Å². The molecule has 3 aromatic rings. The Hall–Kier alpha value is -1.92. The lowest BCUT2D eigenvalue weighted by Crippen LogP contribution is -1.94. The maximum absolute atomic E-state index is 11.1. The molecule has 0 aliphatic carbocycles. The van der Waals surface area contributed by atoms with Crippen molar-refractivity contribution in [2.24, 2.45) is 0 Å². The number of hydrogen-bond donors (Lipinski definition) is 1. The van der Waals surface area contributed by atoms with E-state index in [9.17, 15) is 4.79 Å². The number of aromatic carboxylic acids is 1. The fourth-order valence-corrected chi connectivity index (χ4v) is 3.97. The summed E-state index contributed by atoms with van der Waals surface area (Å²) in [5.74, 6) is -0.925. The van der Waals surface area contributed by atoms with E-state index in [1.165, 1.54) is 23.1 Å². The predicted molar refractivity (Wildman–Crippen MR) is 79.7 cm³/mol. The van der Waals surface area contributed by atoms with Gasteiger partial charge in [0.05, 0.1) is 11.2 Å². The van der Waals surface area contributed by atoms with Gasteiger partial charge < -0.3 is 5.11 Å². The molecule has 1 aromatic carbocycles. The zero-order chi connectivity index (χ0) is 14.1. The molecule has 0 bridgehead atoms. The molecule has 0 saturated heterocycles. The maximum atomic E-state index is 11.1. The van der Waals surface area contributed by atoms with Crippen molar-refractivity contribution >= 4 is 40.0 Å². The molecule has 0 spiro atoms. The number of thiazole rings is 1. The van der Waals surface area contributed by atoms with Crippen molar-refractivity contribution in [1.82, 2.24) is 9.97 Å². The van der Waals surface area contributed by atoms with Crippen molar-refractivity contribution in [1.29, 1.82) is 0 Å². The molecule has 2 aromatic heterocycles. The van der Waals surface area contributed by atoms with Gasteiger partial charge in [-0.15, -0.1) is 11.3 Å². The number of aromatic nitrogens is 2. The lowest BCUT2D eigenvalue weighted by Gasteiger charge is -2.02. The number of rotatable bonds is 3. The van der Waals surface area contributed by atoms with E-state index < -0.39 is 5.97 Å². The van der Waals surface area contributed by atoms with Gasteiger partial charge in [0.2, 0.25) is 0 Å². The Morgan fingerprint density at radius 3 is 2.85 bits per heavy atom. The number of carboxylic acid groups (broad SMARTS) is 1. The summed E-state index contributed by atoms with van der Waals surface area (Å²) in [6.45, 7) is 1.72. The number of pyridine rings is 1. The molecule has 3 rings (SSSR count). The lowest BCUT2D eigenvalue weighted by atomic mass is 10.2. The van der Waals surface area contributed by atoms with Crippen LogP contribution >= 0.6 is 23.1 Å². The van der Waals surface area contributed by atoms with Gasteiger partial charge in [-0.3, -0.25) is 4.98 Å².